The van der Waals surface area contributed by atoms with Crippen LogP contribution in [0.1, 0.15) is 33.1 Å². The normalized spacial score (nSPS) is 12.2. The standard InChI is InChI=1S/C13H18F2N2O/c1-3-4-5-8(2)13(18)17-12-7-11(16)9(14)6-10(12)15/h6-8H,3-5,16H2,1-2H3,(H,17,18). The number of halogens is 2. The molecule has 0 spiro atoms. The molecule has 0 aromatic heterocycles. The molecule has 0 bridgehead atoms. The molecule has 5 heteroatoms. The van der Waals surface area contributed by atoms with Crippen molar-refractivity contribution in [3.63, 3.8) is 0 Å². The quantitative estimate of drug-likeness (QED) is 0.794. The smallest absolute Gasteiger partial charge is 0.227 e. The Morgan fingerprint density at radius 3 is 2.67 bits per heavy atom. The number of nitrogens with one attached hydrogen (secondary N) is 1. The molecule has 1 aromatic carbocycles. The minimum absolute atomic E-state index is 0.0813. The maximum absolute atomic E-state index is 13.4. The highest BCUT2D eigenvalue weighted by Gasteiger charge is 2.15. The van der Waals surface area contributed by atoms with Crippen molar-refractivity contribution in [1.82, 2.24) is 0 Å². The molecule has 0 saturated heterocycles. The first-order valence-corrected chi connectivity index (χ1v) is 6.01. The van der Waals surface area contributed by atoms with E-state index >= 15 is 0 Å². The van der Waals surface area contributed by atoms with E-state index in [2.05, 4.69) is 5.32 Å². The minimum atomic E-state index is -0.829. The van der Waals surface area contributed by atoms with Gasteiger partial charge in [0.25, 0.3) is 0 Å². The number of anilines is 2. The summed E-state index contributed by atoms with van der Waals surface area (Å²) < 4.78 is 26.3. The van der Waals surface area contributed by atoms with Gasteiger partial charge >= 0.3 is 0 Å². The Morgan fingerprint density at radius 1 is 1.39 bits per heavy atom. The van der Waals surface area contributed by atoms with Crippen molar-refractivity contribution in [2.75, 3.05) is 11.1 Å². The van der Waals surface area contributed by atoms with E-state index in [-0.39, 0.29) is 23.2 Å². The van der Waals surface area contributed by atoms with E-state index in [1.165, 1.54) is 0 Å². The first-order valence-electron chi connectivity index (χ1n) is 6.01. The van der Waals surface area contributed by atoms with Gasteiger partial charge in [-0.1, -0.05) is 26.7 Å². The molecule has 1 aromatic rings. The number of carbonyl (C=O) groups excluding carboxylic acids is 1. The average molecular weight is 256 g/mol. The van der Waals surface area contributed by atoms with Crippen LogP contribution in [0, 0.1) is 17.6 Å². The fourth-order valence-corrected chi connectivity index (χ4v) is 1.56. The van der Waals surface area contributed by atoms with E-state index < -0.39 is 11.6 Å². The fraction of sp³-hybridized carbons (Fsp3) is 0.462. The molecule has 1 atom stereocenters. The summed E-state index contributed by atoms with van der Waals surface area (Å²) in [6.45, 7) is 3.81. The summed E-state index contributed by atoms with van der Waals surface area (Å²) in [6.07, 6.45) is 2.67. The molecule has 0 aliphatic carbocycles. The first-order chi connectivity index (χ1) is 8.45. The van der Waals surface area contributed by atoms with Gasteiger partial charge in [-0.05, 0) is 12.5 Å². The Kier molecular flexibility index (Phi) is 5.07. The van der Waals surface area contributed by atoms with Gasteiger partial charge in [0, 0.05) is 12.0 Å². The molecule has 100 valence electrons. The van der Waals surface area contributed by atoms with E-state index in [4.69, 9.17) is 5.73 Å². The van der Waals surface area contributed by atoms with E-state index in [9.17, 15) is 13.6 Å². The van der Waals surface area contributed by atoms with Gasteiger partial charge in [-0.15, -0.1) is 0 Å². The number of nitrogens with two attached hydrogens (primary N) is 1. The van der Waals surface area contributed by atoms with Crippen LogP contribution in [-0.2, 0) is 4.79 Å². The van der Waals surface area contributed by atoms with Gasteiger partial charge in [-0.25, -0.2) is 8.78 Å². The number of unbranched alkanes of at least 4 members (excludes halogenated alkanes) is 1. The van der Waals surface area contributed by atoms with Crippen LogP contribution < -0.4 is 11.1 Å². The monoisotopic (exact) mass is 256 g/mol. The molecule has 1 unspecified atom stereocenters. The van der Waals surface area contributed by atoms with Crippen LogP contribution in [0.2, 0.25) is 0 Å². The third-order valence-electron chi connectivity index (χ3n) is 2.78. The van der Waals surface area contributed by atoms with Gasteiger partial charge in [0.15, 0.2) is 0 Å². The first kappa shape index (κ1) is 14.4. The molecule has 0 saturated carbocycles. The van der Waals surface area contributed by atoms with Gasteiger partial charge in [0.05, 0.1) is 11.4 Å². The maximum atomic E-state index is 13.4. The predicted octanol–water partition coefficient (Wildman–Crippen LogP) is 3.31. The summed E-state index contributed by atoms with van der Waals surface area (Å²) in [7, 11) is 0. The van der Waals surface area contributed by atoms with Gasteiger partial charge in [0.2, 0.25) is 5.91 Å². The highest BCUT2D eigenvalue weighted by molar-refractivity contribution is 5.92. The highest BCUT2D eigenvalue weighted by atomic mass is 19.1. The molecule has 0 aliphatic rings. The van der Waals surface area contributed by atoms with Crippen LogP contribution in [0.15, 0.2) is 12.1 Å². The number of benzene rings is 1. The summed E-state index contributed by atoms with van der Waals surface area (Å²) in [5.41, 5.74) is 5.06. The van der Waals surface area contributed by atoms with Gasteiger partial charge in [-0.3, -0.25) is 4.79 Å². The molecule has 0 heterocycles. The fourth-order valence-electron chi connectivity index (χ4n) is 1.56. The predicted molar refractivity (Wildman–Crippen MR) is 68.1 cm³/mol. The Hall–Kier alpha value is -1.65. The number of carbonyl (C=O) groups is 1. The Morgan fingerprint density at radius 2 is 2.06 bits per heavy atom. The molecule has 0 aliphatic heterocycles. The molecule has 0 radical (unpaired) electrons. The van der Waals surface area contributed by atoms with Crippen molar-refractivity contribution in [1.29, 1.82) is 0 Å². The van der Waals surface area contributed by atoms with Crippen LogP contribution in [0.3, 0.4) is 0 Å². The summed E-state index contributed by atoms with van der Waals surface area (Å²) in [4.78, 5) is 11.8. The van der Waals surface area contributed by atoms with Crippen LogP contribution in [0.5, 0.6) is 0 Å². The summed E-state index contributed by atoms with van der Waals surface area (Å²) in [5, 5.41) is 2.43. The van der Waals surface area contributed by atoms with Crippen molar-refractivity contribution in [2.24, 2.45) is 5.92 Å². The lowest BCUT2D eigenvalue weighted by atomic mass is 10.0. The zero-order chi connectivity index (χ0) is 13.7. The zero-order valence-corrected chi connectivity index (χ0v) is 10.6. The van der Waals surface area contributed by atoms with E-state index in [0.29, 0.717) is 6.07 Å². The van der Waals surface area contributed by atoms with Crippen LogP contribution in [0.25, 0.3) is 0 Å². The van der Waals surface area contributed by atoms with Crippen molar-refractivity contribution in [3.8, 4) is 0 Å². The number of amides is 1. The van der Waals surface area contributed by atoms with Crippen LogP contribution >= 0.6 is 0 Å². The number of hydrogen-bond donors (Lipinski definition) is 2. The summed E-state index contributed by atoms with van der Waals surface area (Å²) in [6, 6.07) is 1.76. The van der Waals surface area contributed by atoms with E-state index in [1.54, 1.807) is 6.92 Å². The third kappa shape index (κ3) is 3.68. The van der Waals surface area contributed by atoms with E-state index in [1.807, 2.05) is 6.92 Å². The Bertz CT molecular complexity index is 435. The Labute approximate surface area is 105 Å². The molecular formula is C13H18F2N2O. The van der Waals surface area contributed by atoms with E-state index in [0.717, 1.165) is 25.3 Å². The molecule has 18 heavy (non-hydrogen) atoms. The number of nitrogen functional groups attached to an aromatic ring is 1. The molecule has 1 rings (SSSR count). The Balaban J connectivity index is 2.72. The molecule has 1 amide bonds. The van der Waals surface area contributed by atoms with Crippen molar-refractivity contribution in [3.05, 3.63) is 23.8 Å². The van der Waals surface area contributed by atoms with Crippen LogP contribution in [0.4, 0.5) is 20.2 Å². The average Bonchev–Trinajstić information content (AvgIpc) is 2.32. The lowest BCUT2D eigenvalue weighted by molar-refractivity contribution is -0.119. The molecule has 0 fully saturated rings. The van der Waals surface area contributed by atoms with Crippen LogP contribution in [-0.4, -0.2) is 5.91 Å². The molecule has 3 nitrogen and oxygen atoms in total. The molecular weight excluding hydrogens is 238 g/mol. The minimum Gasteiger partial charge on any atom is -0.396 e. The number of rotatable bonds is 5. The second-order valence-electron chi connectivity index (χ2n) is 4.39. The van der Waals surface area contributed by atoms with Gasteiger partial charge < -0.3 is 11.1 Å². The molecule has 3 N–H and O–H groups in total. The van der Waals surface area contributed by atoms with Crippen molar-refractivity contribution in [2.45, 2.75) is 33.1 Å². The highest BCUT2D eigenvalue weighted by Crippen LogP contribution is 2.22. The largest absolute Gasteiger partial charge is 0.396 e. The second kappa shape index (κ2) is 6.33. The SMILES string of the molecule is CCCCC(C)C(=O)Nc1cc(N)c(F)cc1F. The number of hydrogen-bond acceptors (Lipinski definition) is 2. The lowest BCUT2D eigenvalue weighted by Crippen LogP contribution is -2.21. The second-order valence-corrected chi connectivity index (χ2v) is 4.39. The lowest BCUT2D eigenvalue weighted by Gasteiger charge is -2.12. The zero-order valence-electron chi connectivity index (χ0n) is 10.6. The van der Waals surface area contributed by atoms with Gasteiger partial charge in [-0.2, -0.15) is 0 Å². The maximum Gasteiger partial charge on any atom is 0.227 e. The topological polar surface area (TPSA) is 55.1 Å². The summed E-state index contributed by atoms with van der Waals surface area (Å²) in [5.74, 6) is -2.15. The van der Waals surface area contributed by atoms with Crippen molar-refractivity contribution >= 4 is 17.3 Å². The summed E-state index contributed by atoms with van der Waals surface area (Å²) >= 11 is 0. The van der Waals surface area contributed by atoms with Gasteiger partial charge in [0.1, 0.15) is 11.6 Å². The third-order valence-corrected chi connectivity index (χ3v) is 2.78. The van der Waals surface area contributed by atoms with Crippen molar-refractivity contribution < 1.29 is 13.6 Å².